The van der Waals surface area contributed by atoms with Crippen LogP contribution in [-0.2, 0) is 0 Å². The SMILES string of the molecule is COc1cc2ncnc(Nc3ccc(F)c(Cl)c3)c2cc1OCCCC(C)C. The summed E-state index contributed by atoms with van der Waals surface area (Å²) < 4.78 is 24.8. The molecule has 0 aliphatic heterocycles. The number of hydrogen-bond acceptors (Lipinski definition) is 5. The Morgan fingerprint density at radius 1 is 1.14 bits per heavy atom. The van der Waals surface area contributed by atoms with E-state index in [1.807, 2.05) is 12.1 Å². The highest BCUT2D eigenvalue weighted by Crippen LogP contribution is 2.35. The number of halogens is 2. The lowest BCUT2D eigenvalue weighted by Gasteiger charge is -2.14. The van der Waals surface area contributed by atoms with Crippen LogP contribution in [0.15, 0.2) is 36.7 Å². The summed E-state index contributed by atoms with van der Waals surface area (Å²) >= 11 is 5.87. The van der Waals surface area contributed by atoms with Gasteiger partial charge in [0.05, 0.1) is 24.3 Å². The van der Waals surface area contributed by atoms with Gasteiger partial charge >= 0.3 is 0 Å². The van der Waals surface area contributed by atoms with E-state index in [4.69, 9.17) is 21.1 Å². The van der Waals surface area contributed by atoms with Crippen molar-refractivity contribution in [3.8, 4) is 11.5 Å². The predicted molar refractivity (Wildman–Crippen MR) is 110 cm³/mol. The summed E-state index contributed by atoms with van der Waals surface area (Å²) in [5.41, 5.74) is 1.33. The summed E-state index contributed by atoms with van der Waals surface area (Å²) in [6.07, 6.45) is 3.51. The summed E-state index contributed by atoms with van der Waals surface area (Å²) in [7, 11) is 1.60. The molecule has 28 heavy (non-hydrogen) atoms. The normalized spacial score (nSPS) is 11.1. The van der Waals surface area contributed by atoms with Gasteiger partial charge in [0.25, 0.3) is 0 Å². The van der Waals surface area contributed by atoms with Crippen LogP contribution in [0.1, 0.15) is 26.7 Å². The average Bonchev–Trinajstić information content (AvgIpc) is 2.67. The van der Waals surface area contributed by atoms with Crippen molar-refractivity contribution in [2.75, 3.05) is 19.0 Å². The smallest absolute Gasteiger partial charge is 0.162 e. The Kier molecular flexibility index (Phi) is 6.52. The van der Waals surface area contributed by atoms with Crippen molar-refractivity contribution in [1.29, 1.82) is 0 Å². The summed E-state index contributed by atoms with van der Waals surface area (Å²) in [5.74, 6) is 1.98. The molecular weight excluding hydrogens is 381 g/mol. The lowest BCUT2D eigenvalue weighted by molar-refractivity contribution is 0.280. The molecule has 0 radical (unpaired) electrons. The number of fused-ring (bicyclic) bond motifs is 1. The second-order valence-electron chi connectivity index (χ2n) is 6.88. The van der Waals surface area contributed by atoms with Crippen LogP contribution in [0.3, 0.4) is 0 Å². The topological polar surface area (TPSA) is 56.3 Å². The molecule has 0 saturated carbocycles. The molecule has 3 rings (SSSR count). The van der Waals surface area contributed by atoms with E-state index >= 15 is 0 Å². The highest BCUT2D eigenvalue weighted by Gasteiger charge is 2.12. The van der Waals surface area contributed by atoms with E-state index in [0.29, 0.717) is 41.0 Å². The Balaban J connectivity index is 1.90. The van der Waals surface area contributed by atoms with Crippen molar-refractivity contribution in [2.45, 2.75) is 26.7 Å². The van der Waals surface area contributed by atoms with Gasteiger partial charge in [0.15, 0.2) is 11.5 Å². The van der Waals surface area contributed by atoms with Gasteiger partial charge in [0, 0.05) is 17.1 Å². The van der Waals surface area contributed by atoms with Gasteiger partial charge in [-0.3, -0.25) is 0 Å². The second kappa shape index (κ2) is 9.06. The molecule has 1 heterocycles. The van der Waals surface area contributed by atoms with E-state index < -0.39 is 5.82 Å². The van der Waals surface area contributed by atoms with Crippen LogP contribution in [0.5, 0.6) is 11.5 Å². The monoisotopic (exact) mass is 403 g/mol. The third kappa shape index (κ3) is 4.81. The zero-order chi connectivity index (χ0) is 20.1. The maximum atomic E-state index is 13.4. The first-order valence-electron chi connectivity index (χ1n) is 9.15. The molecule has 0 atom stereocenters. The first-order valence-corrected chi connectivity index (χ1v) is 9.53. The van der Waals surface area contributed by atoms with Crippen LogP contribution < -0.4 is 14.8 Å². The molecule has 0 amide bonds. The Bertz CT molecular complexity index is 966. The van der Waals surface area contributed by atoms with Gasteiger partial charge in [-0.1, -0.05) is 25.4 Å². The van der Waals surface area contributed by atoms with Crippen LogP contribution >= 0.6 is 11.6 Å². The fourth-order valence-corrected chi connectivity index (χ4v) is 3.00. The van der Waals surface area contributed by atoms with Gasteiger partial charge in [-0.2, -0.15) is 0 Å². The Morgan fingerprint density at radius 3 is 2.68 bits per heavy atom. The molecular formula is C21H23ClFN3O2. The van der Waals surface area contributed by atoms with Crippen LogP contribution in [0.4, 0.5) is 15.9 Å². The Morgan fingerprint density at radius 2 is 1.96 bits per heavy atom. The van der Waals surface area contributed by atoms with Crippen molar-refractivity contribution in [3.63, 3.8) is 0 Å². The minimum Gasteiger partial charge on any atom is -0.493 e. The average molecular weight is 404 g/mol. The van der Waals surface area contributed by atoms with E-state index in [0.717, 1.165) is 18.2 Å². The van der Waals surface area contributed by atoms with Gasteiger partial charge in [-0.25, -0.2) is 14.4 Å². The lowest BCUT2D eigenvalue weighted by atomic mass is 10.1. The van der Waals surface area contributed by atoms with Crippen molar-refractivity contribution in [2.24, 2.45) is 5.92 Å². The van der Waals surface area contributed by atoms with Gasteiger partial charge in [0.1, 0.15) is 18.0 Å². The van der Waals surface area contributed by atoms with E-state index in [-0.39, 0.29) is 5.02 Å². The molecule has 3 aromatic rings. The van der Waals surface area contributed by atoms with Crippen LogP contribution in [0, 0.1) is 11.7 Å². The first kappa shape index (κ1) is 20.1. The molecule has 0 fully saturated rings. The number of benzene rings is 2. The molecule has 1 N–H and O–H groups in total. The number of methoxy groups -OCH3 is 1. The number of hydrogen-bond donors (Lipinski definition) is 1. The van der Waals surface area contributed by atoms with Crippen molar-refractivity contribution in [1.82, 2.24) is 9.97 Å². The Hall–Kier alpha value is -2.60. The standard InChI is InChI=1S/C21H23ClFN3O2/c1-13(2)5-4-8-28-20-10-15-18(11-19(20)27-3)24-12-25-21(15)26-14-6-7-17(23)16(22)9-14/h6-7,9-13H,4-5,8H2,1-3H3,(H,24,25,26). The molecule has 0 aliphatic rings. The van der Waals surface area contributed by atoms with E-state index in [1.165, 1.54) is 18.5 Å². The molecule has 148 valence electrons. The molecule has 0 saturated heterocycles. The number of nitrogens with one attached hydrogen (secondary N) is 1. The molecule has 7 heteroatoms. The number of anilines is 2. The summed E-state index contributed by atoms with van der Waals surface area (Å²) in [6.45, 7) is 4.98. The maximum Gasteiger partial charge on any atom is 0.162 e. The molecule has 0 unspecified atom stereocenters. The summed E-state index contributed by atoms with van der Waals surface area (Å²) in [6, 6.07) is 8.09. The van der Waals surface area contributed by atoms with Crippen LogP contribution in [-0.4, -0.2) is 23.7 Å². The fraction of sp³-hybridized carbons (Fsp3) is 0.333. The number of aromatic nitrogens is 2. The van der Waals surface area contributed by atoms with Gasteiger partial charge in [-0.15, -0.1) is 0 Å². The minimum absolute atomic E-state index is 0.0409. The fourth-order valence-electron chi connectivity index (χ4n) is 2.82. The van der Waals surface area contributed by atoms with E-state index in [9.17, 15) is 4.39 Å². The number of nitrogens with zero attached hydrogens (tertiary/aromatic N) is 2. The first-order chi connectivity index (χ1) is 13.5. The van der Waals surface area contributed by atoms with Crippen molar-refractivity contribution < 1.29 is 13.9 Å². The maximum absolute atomic E-state index is 13.4. The molecule has 1 aromatic heterocycles. The quantitative estimate of drug-likeness (QED) is 0.468. The molecule has 0 bridgehead atoms. The predicted octanol–water partition coefficient (Wildman–Crippen LogP) is 5.99. The molecule has 0 spiro atoms. The highest BCUT2D eigenvalue weighted by atomic mass is 35.5. The third-order valence-electron chi connectivity index (χ3n) is 4.29. The van der Waals surface area contributed by atoms with Gasteiger partial charge in [-0.05, 0) is 43.0 Å². The second-order valence-corrected chi connectivity index (χ2v) is 7.29. The van der Waals surface area contributed by atoms with Gasteiger partial charge < -0.3 is 14.8 Å². The van der Waals surface area contributed by atoms with E-state index in [1.54, 1.807) is 13.2 Å². The number of ether oxygens (including phenoxy) is 2. The van der Waals surface area contributed by atoms with Crippen LogP contribution in [0.2, 0.25) is 5.02 Å². The lowest BCUT2D eigenvalue weighted by Crippen LogP contribution is -2.02. The molecule has 0 aliphatic carbocycles. The van der Waals surface area contributed by atoms with Gasteiger partial charge in [0.2, 0.25) is 0 Å². The molecule has 2 aromatic carbocycles. The molecule has 5 nitrogen and oxygen atoms in total. The summed E-state index contributed by atoms with van der Waals surface area (Å²) in [4.78, 5) is 8.63. The minimum atomic E-state index is -0.471. The zero-order valence-electron chi connectivity index (χ0n) is 16.1. The summed E-state index contributed by atoms with van der Waals surface area (Å²) in [5, 5.41) is 3.97. The zero-order valence-corrected chi connectivity index (χ0v) is 16.9. The Labute approximate surface area is 168 Å². The highest BCUT2D eigenvalue weighted by molar-refractivity contribution is 6.31. The van der Waals surface area contributed by atoms with Crippen molar-refractivity contribution >= 4 is 34.0 Å². The van der Waals surface area contributed by atoms with Crippen LogP contribution in [0.25, 0.3) is 10.9 Å². The van der Waals surface area contributed by atoms with E-state index in [2.05, 4.69) is 29.1 Å². The number of rotatable bonds is 8. The third-order valence-corrected chi connectivity index (χ3v) is 4.58. The largest absolute Gasteiger partial charge is 0.493 e. The van der Waals surface area contributed by atoms with Crippen molar-refractivity contribution in [3.05, 3.63) is 47.5 Å².